The SMILES string of the molecule is CN1CC(CO)N(c2ccccc2Br)CC(C)(C)C1. The van der Waals surface area contributed by atoms with Crippen molar-refractivity contribution in [3.05, 3.63) is 28.7 Å². The summed E-state index contributed by atoms with van der Waals surface area (Å²) in [7, 11) is 2.13. The van der Waals surface area contributed by atoms with Gasteiger partial charge in [-0.1, -0.05) is 26.0 Å². The van der Waals surface area contributed by atoms with Gasteiger partial charge >= 0.3 is 0 Å². The van der Waals surface area contributed by atoms with Crippen LogP contribution >= 0.6 is 15.9 Å². The molecule has 0 saturated carbocycles. The van der Waals surface area contributed by atoms with E-state index in [1.807, 2.05) is 6.07 Å². The van der Waals surface area contributed by atoms with Crippen LogP contribution in [0.25, 0.3) is 0 Å². The Bertz CT molecular complexity index is 436. The number of halogens is 1. The smallest absolute Gasteiger partial charge is 0.0648 e. The largest absolute Gasteiger partial charge is 0.394 e. The van der Waals surface area contributed by atoms with Crippen LogP contribution in [0.2, 0.25) is 0 Å². The van der Waals surface area contributed by atoms with Gasteiger partial charge in [-0.05, 0) is 40.5 Å². The van der Waals surface area contributed by atoms with Gasteiger partial charge in [-0.15, -0.1) is 0 Å². The van der Waals surface area contributed by atoms with E-state index in [1.165, 1.54) is 5.69 Å². The maximum atomic E-state index is 9.74. The van der Waals surface area contributed by atoms with Crippen molar-refractivity contribution in [1.82, 2.24) is 4.90 Å². The lowest BCUT2D eigenvalue weighted by atomic mass is 9.92. The third-order valence-corrected chi connectivity index (χ3v) is 4.30. The maximum absolute atomic E-state index is 9.74. The minimum Gasteiger partial charge on any atom is -0.394 e. The van der Waals surface area contributed by atoms with Crippen molar-refractivity contribution in [3.8, 4) is 0 Å². The van der Waals surface area contributed by atoms with E-state index in [0.717, 1.165) is 24.1 Å². The third-order valence-electron chi connectivity index (χ3n) is 3.63. The van der Waals surface area contributed by atoms with Crippen LogP contribution in [-0.4, -0.2) is 49.3 Å². The van der Waals surface area contributed by atoms with Gasteiger partial charge in [-0.2, -0.15) is 0 Å². The molecule has 0 bridgehead atoms. The molecule has 1 aromatic carbocycles. The van der Waals surface area contributed by atoms with Crippen LogP contribution in [0.15, 0.2) is 28.7 Å². The highest BCUT2D eigenvalue weighted by Crippen LogP contribution is 2.32. The predicted molar refractivity (Wildman–Crippen MR) is 83.6 cm³/mol. The predicted octanol–water partition coefficient (Wildman–Crippen LogP) is 2.59. The molecular formula is C15H23BrN2O. The van der Waals surface area contributed by atoms with E-state index in [2.05, 4.69) is 64.8 Å². The zero-order valence-corrected chi connectivity index (χ0v) is 13.5. The van der Waals surface area contributed by atoms with Crippen molar-refractivity contribution in [2.24, 2.45) is 5.41 Å². The highest BCUT2D eigenvalue weighted by molar-refractivity contribution is 9.10. The van der Waals surface area contributed by atoms with Crippen LogP contribution in [-0.2, 0) is 0 Å². The Morgan fingerprint density at radius 1 is 1.32 bits per heavy atom. The first-order valence-electron chi connectivity index (χ1n) is 6.73. The highest BCUT2D eigenvalue weighted by atomic mass is 79.9. The number of likely N-dealkylation sites (N-methyl/N-ethyl adjacent to an activating group) is 1. The van der Waals surface area contributed by atoms with Gasteiger partial charge in [-0.3, -0.25) is 0 Å². The third kappa shape index (κ3) is 3.50. The van der Waals surface area contributed by atoms with Crippen molar-refractivity contribution < 1.29 is 5.11 Å². The number of hydrogen-bond acceptors (Lipinski definition) is 3. The Labute approximate surface area is 124 Å². The standard InChI is InChI=1S/C15H23BrN2O/c1-15(2)10-17(3)8-12(9-19)18(11-15)14-7-5-4-6-13(14)16/h4-7,12,19H,8-11H2,1-3H3. The quantitative estimate of drug-likeness (QED) is 0.904. The molecule has 1 aliphatic heterocycles. The fourth-order valence-corrected chi connectivity index (χ4v) is 3.53. The van der Waals surface area contributed by atoms with Crippen molar-refractivity contribution in [2.75, 3.05) is 38.2 Å². The molecule has 1 N–H and O–H groups in total. The van der Waals surface area contributed by atoms with E-state index >= 15 is 0 Å². The summed E-state index contributed by atoms with van der Waals surface area (Å²) >= 11 is 3.63. The molecular weight excluding hydrogens is 304 g/mol. The first-order valence-corrected chi connectivity index (χ1v) is 7.53. The molecule has 4 heteroatoms. The second-order valence-electron chi connectivity index (χ2n) is 6.28. The summed E-state index contributed by atoms with van der Waals surface area (Å²) in [6.07, 6.45) is 0. The summed E-state index contributed by atoms with van der Waals surface area (Å²) in [5.74, 6) is 0. The molecule has 19 heavy (non-hydrogen) atoms. The lowest BCUT2D eigenvalue weighted by Crippen LogP contribution is -2.44. The molecule has 0 spiro atoms. The number of rotatable bonds is 2. The zero-order valence-electron chi connectivity index (χ0n) is 11.9. The Morgan fingerprint density at radius 3 is 2.63 bits per heavy atom. The highest BCUT2D eigenvalue weighted by Gasteiger charge is 2.33. The first kappa shape index (κ1) is 14.8. The van der Waals surface area contributed by atoms with Crippen LogP contribution in [0.5, 0.6) is 0 Å². The Balaban J connectivity index is 2.36. The maximum Gasteiger partial charge on any atom is 0.0648 e. The molecule has 1 aliphatic rings. The van der Waals surface area contributed by atoms with Crippen LogP contribution < -0.4 is 4.90 Å². The number of aliphatic hydroxyl groups is 1. The molecule has 106 valence electrons. The van der Waals surface area contributed by atoms with Crippen molar-refractivity contribution in [2.45, 2.75) is 19.9 Å². The van der Waals surface area contributed by atoms with E-state index in [0.29, 0.717) is 0 Å². The first-order chi connectivity index (χ1) is 8.93. The van der Waals surface area contributed by atoms with Crippen LogP contribution in [0.1, 0.15) is 13.8 Å². The van der Waals surface area contributed by atoms with Gasteiger partial charge in [0.2, 0.25) is 0 Å². The summed E-state index contributed by atoms with van der Waals surface area (Å²) < 4.78 is 1.09. The second kappa shape index (κ2) is 5.81. The molecule has 1 atom stereocenters. The Kier molecular flexibility index (Phi) is 4.54. The number of para-hydroxylation sites is 1. The number of hydrogen-bond donors (Lipinski definition) is 1. The molecule has 0 aromatic heterocycles. The summed E-state index contributed by atoms with van der Waals surface area (Å²) in [4.78, 5) is 4.66. The fraction of sp³-hybridized carbons (Fsp3) is 0.600. The van der Waals surface area contributed by atoms with Crippen molar-refractivity contribution in [1.29, 1.82) is 0 Å². The number of aliphatic hydroxyl groups excluding tert-OH is 1. The Hall–Kier alpha value is -0.580. The van der Waals surface area contributed by atoms with Gasteiger partial charge in [0.15, 0.2) is 0 Å². The van der Waals surface area contributed by atoms with E-state index in [9.17, 15) is 5.11 Å². The van der Waals surface area contributed by atoms with Crippen LogP contribution in [0.4, 0.5) is 5.69 Å². The van der Waals surface area contributed by atoms with Gasteiger partial charge in [0, 0.05) is 24.1 Å². The lowest BCUT2D eigenvalue weighted by molar-refractivity contribution is 0.213. The molecule has 1 fully saturated rings. The summed E-state index contributed by atoms with van der Waals surface area (Å²) in [5.41, 5.74) is 1.37. The molecule has 1 heterocycles. The lowest BCUT2D eigenvalue weighted by Gasteiger charge is -2.35. The fourth-order valence-electron chi connectivity index (χ4n) is 3.02. The van der Waals surface area contributed by atoms with Gasteiger partial charge in [0.25, 0.3) is 0 Å². The molecule has 0 aliphatic carbocycles. The normalized spacial score (nSPS) is 24.3. The van der Waals surface area contributed by atoms with Crippen LogP contribution in [0.3, 0.4) is 0 Å². The van der Waals surface area contributed by atoms with E-state index < -0.39 is 0 Å². The van der Waals surface area contributed by atoms with Gasteiger partial charge < -0.3 is 14.9 Å². The summed E-state index contributed by atoms with van der Waals surface area (Å²) in [5, 5.41) is 9.74. The van der Waals surface area contributed by atoms with Crippen LogP contribution in [0, 0.1) is 5.41 Å². The molecule has 2 rings (SSSR count). The molecule has 1 saturated heterocycles. The number of anilines is 1. The van der Waals surface area contributed by atoms with Gasteiger partial charge in [0.1, 0.15) is 0 Å². The molecule has 1 aromatic rings. The second-order valence-corrected chi connectivity index (χ2v) is 7.13. The monoisotopic (exact) mass is 326 g/mol. The summed E-state index contributed by atoms with van der Waals surface area (Å²) in [6.45, 7) is 7.64. The van der Waals surface area contributed by atoms with Gasteiger partial charge in [0.05, 0.1) is 18.3 Å². The minimum absolute atomic E-state index is 0.144. The minimum atomic E-state index is 0.144. The topological polar surface area (TPSA) is 26.7 Å². The van der Waals surface area contributed by atoms with E-state index in [1.54, 1.807) is 0 Å². The summed E-state index contributed by atoms with van der Waals surface area (Å²) in [6, 6.07) is 8.40. The molecule has 0 amide bonds. The van der Waals surface area contributed by atoms with E-state index in [4.69, 9.17) is 0 Å². The van der Waals surface area contributed by atoms with Gasteiger partial charge in [-0.25, -0.2) is 0 Å². The van der Waals surface area contributed by atoms with Crippen molar-refractivity contribution >= 4 is 21.6 Å². The van der Waals surface area contributed by atoms with Crippen molar-refractivity contribution in [3.63, 3.8) is 0 Å². The zero-order chi connectivity index (χ0) is 14.0. The average molecular weight is 327 g/mol. The molecule has 3 nitrogen and oxygen atoms in total. The van der Waals surface area contributed by atoms with E-state index in [-0.39, 0.29) is 18.1 Å². The molecule has 1 unspecified atom stereocenters. The average Bonchev–Trinajstić information content (AvgIpc) is 2.44. The molecule has 0 radical (unpaired) electrons. The Morgan fingerprint density at radius 2 is 2.00 bits per heavy atom. The number of nitrogens with zero attached hydrogens (tertiary/aromatic N) is 2. The number of benzene rings is 1.